The molecule has 6 aromatic carbocycles. The summed E-state index contributed by atoms with van der Waals surface area (Å²) in [5.74, 6) is 1.07. The molecule has 9 nitrogen and oxygen atoms in total. The summed E-state index contributed by atoms with van der Waals surface area (Å²) in [7, 11) is 0. The molecule has 6 aromatic rings. The fraction of sp³-hybridized carbons (Fsp3) is 0.167. The monoisotopic (exact) mass is 754 g/mol. The van der Waals surface area contributed by atoms with E-state index in [4.69, 9.17) is 14.2 Å². The first-order valence-corrected chi connectivity index (χ1v) is 19.0. The number of ether oxygens (including phenoxy) is 3. The Morgan fingerprint density at radius 3 is 2.19 bits per heavy atom. The van der Waals surface area contributed by atoms with Gasteiger partial charge in [-0.25, -0.2) is 4.90 Å². The molecule has 2 amide bonds. The van der Waals surface area contributed by atoms with Crippen molar-refractivity contribution in [1.82, 2.24) is 0 Å². The number of carbonyl (C=O) groups excluding carboxylic acids is 4. The van der Waals surface area contributed by atoms with Crippen LogP contribution in [0.1, 0.15) is 70.6 Å². The molecule has 0 aromatic heterocycles. The highest BCUT2D eigenvalue weighted by Gasteiger charge is 2.38. The summed E-state index contributed by atoms with van der Waals surface area (Å²) in [6.07, 6.45) is 1.70. The van der Waals surface area contributed by atoms with E-state index in [1.54, 1.807) is 42.5 Å². The molecular weight excluding hydrogens is 717 g/mol. The number of Topliss-reactive ketones (excluding diaryl/α,β-unsaturated/α-hetero) is 2. The van der Waals surface area contributed by atoms with E-state index in [1.165, 1.54) is 17.4 Å². The number of ketones is 2. The number of para-hydroxylation sites is 1. The maximum Gasteiger partial charge on any atom is 0.266 e. The van der Waals surface area contributed by atoms with Crippen LogP contribution < -0.4 is 24.0 Å². The second-order valence-corrected chi connectivity index (χ2v) is 14.7. The lowest BCUT2D eigenvalue weighted by molar-refractivity contribution is 0.0923. The average molecular weight is 755 g/mol. The van der Waals surface area contributed by atoms with Crippen molar-refractivity contribution in [3.05, 3.63) is 178 Å². The Labute approximate surface area is 330 Å². The molecule has 9 heteroatoms. The summed E-state index contributed by atoms with van der Waals surface area (Å²) in [6, 6.07) is 40.9. The van der Waals surface area contributed by atoms with Crippen LogP contribution in [0.4, 0.5) is 11.4 Å². The van der Waals surface area contributed by atoms with E-state index in [2.05, 4.69) is 17.0 Å². The maximum atomic E-state index is 13.8. The molecule has 3 aliphatic rings. The van der Waals surface area contributed by atoms with Gasteiger partial charge in [-0.3, -0.25) is 19.2 Å². The first kappa shape index (κ1) is 35.7. The lowest BCUT2D eigenvalue weighted by atomic mass is 9.91. The second-order valence-electron chi connectivity index (χ2n) is 14.7. The normalized spacial score (nSPS) is 15.6. The summed E-state index contributed by atoms with van der Waals surface area (Å²) >= 11 is 0. The van der Waals surface area contributed by atoms with Crippen molar-refractivity contribution >= 4 is 34.8 Å². The minimum Gasteiger partial charge on any atom is -0.493 e. The summed E-state index contributed by atoms with van der Waals surface area (Å²) in [5.41, 5.74) is 6.49. The summed E-state index contributed by atoms with van der Waals surface area (Å²) in [4.78, 5) is 57.3. The van der Waals surface area contributed by atoms with Crippen LogP contribution in [0, 0.1) is 5.92 Å². The largest absolute Gasteiger partial charge is 0.493 e. The smallest absolute Gasteiger partial charge is 0.266 e. The quantitative estimate of drug-likeness (QED) is 0.101. The van der Waals surface area contributed by atoms with E-state index in [0.717, 1.165) is 46.7 Å². The van der Waals surface area contributed by atoms with Gasteiger partial charge in [0.05, 0.1) is 23.4 Å². The summed E-state index contributed by atoms with van der Waals surface area (Å²) in [6.45, 7) is 3.09. The van der Waals surface area contributed by atoms with Gasteiger partial charge in [0.15, 0.2) is 18.3 Å². The highest BCUT2D eigenvalue weighted by atomic mass is 16.5. The summed E-state index contributed by atoms with van der Waals surface area (Å²) < 4.78 is 18.3. The lowest BCUT2D eigenvalue weighted by Crippen LogP contribution is -2.31. The van der Waals surface area contributed by atoms with E-state index in [9.17, 15) is 19.2 Å². The van der Waals surface area contributed by atoms with Gasteiger partial charge in [-0.2, -0.15) is 0 Å². The molecule has 1 unspecified atom stereocenters. The van der Waals surface area contributed by atoms with Crippen molar-refractivity contribution < 1.29 is 33.4 Å². The molecule has 3 aliphatic heterocycles. The molecule has 0 saturated heterocycles. The van der Waals surface area contributed by atoms with Gasteiger partial charge in [0.25, 0.3) is 11.8 Å². The zero-order valence-corrected chi connectivity index (χ0v) is 31.3. The van der Waals surface area contributed by atoms with Gasteiger partial charge in [0, 0.05) is 41.3 Å². The van der Waals surface area contributed by atoms with Gasteiger partial charge in [-0.1, -0.05) is 54.6 Å². The molecule has 0 saturated carbocycles. The third-order valence-corrected chi connectivity index (χ3v) is 10.8. The van der Waals surface area contributed by atoms with E-state index >= 15 is 0 Å². The van der Waals surface area contributed by atoms with Crippen LogP contribution >= 0.6 is 0 Å². The van der Waals surface area contributed by atoms with Crippen molar-refractivity contribution in [3.8, 4) is 23.0 Å². The second kappa shape index (κ2) is 14.9. The predicted octanol–water partition coefficient (Wildman–Crippen LogP) is 9.06. The number of anilines is 2. The molecule has 0 bridgehead atoms. The SMILES string of the molecule is CC(=O)c1ccc(Oc2ccc3c(c2)C(=O)N(c2ccc4c(c2)CC(Cc2ccccc2)CO4)C3=O)cc1C(=O)Cc1ccc2c(c1)CN(c1ccccc1)CO2. The molecule has 0 radical (unpaired) electrons. The van der Waals surface area contributed by atoms with Crippen LogP contribution in [-0.2, 0) is 25.8 Å². The average Bonchev–Trinajstić information content (AvgIpc) is 3.48. The number of rotatable bonds is 10. The number of imide groups is 1. The van der Waals surface area contributed by atoms with Crippen molar-refractivity contribution in [2.75, 3.05) is 23.1 Å². The first-order chi connectivity index (χ1) is 27.8. The maximum absolute atomic E-state index is 13.8. The topological polar surface area (TPSA) is 102 Å². The highest BCUT2D eigenvalue weighted by Crippen LogP contribution is 2.37. The molecule has 1 atom stereocenters. The highest BCUT2D eigenvalue weighted by molar-refractivity contribution is 6.34. The molecule has 0 N–H and O–H groups in total. The van der Waals surface area contributed by atoms with Gasteiger partial charge in [-0.15, -0.1) is 0 Å². The Hall–Kier alpha value is -7.00. The van der Waals surface area contributed by atoms with E-state index in [1.807, 2.05) is 78.9 Å². The van der Waals surface area contributed by atoms with Crippen molar-refractivity contribution in [3.63, 3.8) is 0 Å². The van der Waals surface area contributed by atoms with Gasteiger partial charge in [0.1, 0.15) is 23.0 Å². The number of hydrogen-bond acceptors (Lipinski definition) is 8. The van der Waals surface area contributed by atoms with E-state index in [-0.39, 0.29) is 46.2 Å². The van der Waals surface area contributed by atoms with Gasteiger partial charge in [-0.05, 0) is 115 Å². The fourth-order valence-corrected chi connectivity index (χ4v) is 7.93. The van der Waals surface area contributed by atoms with Gasteiger partial charge < -0.3 is 19.1 Å². The van der Waals surface area contributed by atoms with Gasteiger partial charge in [0.2, 0.25) is 0 Å². The number of amides is 2. The Morgan fingerprint density at radius 1 is 0.667 bits per heavy atom. The van der Waals surface area contributed by atoms with Crippen molar-refractivity contribution in [1.29, 1.82) is 0 Å². The van der Waals surface area contributed by atoms with E-state index < -0.39 is 11.8 Å². The van der Waals surface area contributed by atoms with E-state index in [0.29, 0.717) is 37.1 Å². The first-order valence-electron chi connectivity index (χ1n) is 19.0. The van der Waals surface area contributed by atoms with Crippen molar-refractivity contribution in [2.45, 2.75) is 32.7 Å². The number of benzene rings is 6. The lowest BCUT2D eigenvalue weighted by Gasteiger charge is -2.31. The minimum atomic E-state index is -0.455. The molecule has 282 valence electrons. The van der Waals surface area contributed by atoms with Crippen LogP contribution in [-0.4, -0.2) is 36.7 Å². The Bertz CT molecular complexity index is 2570. The fourth-order valence-electron chi connectivity index (χ4n) is 7.93. The molecule has 3 heterocycles. The van der Waals surface area contributed by atoms with Crippen LogP contribution in [0.2, 0.25) is 0 Å². The Balaban J connectivity index is 0.912. The molecule has 0 aliphatic carbocycles. The van der Waals surface area contributed by atoms with Crippen LogP contribution in [0.15, 0.2) is 133 Å². The van der Waals surface area contributed by atoms with Crippen LogP contribution in [0.3, 0.4) is 0 Å². The molecule has 0 spiro atoms. The Morgan fingerprint density at radius 2 is 1.39 bits per heavy atom. The standard InChI is InChI=1S/C48H38N2O7/c1-30(51)40-16-14-38(25-42(40)44(52)23-32-12-18-46-35(21-32)27-49(29-56-46)36-10-6-3-7-11-36)57-39-15-17-41-43(26-39)48(54)50(47(41)53)37-13-19-45-34(24-37)22-33(28-55-45)20-31-8-4-2-5-9-31/h2-19,21,24-26,33H,20,22-23,27-29H2,1H3. The zero-order valence-electron chi connectivity index (χ0n) is 31.3. The molecule has 0 fully saturated rings. The predicted molar refractivity (Wildman–Crippen MR) is 216 cm³/mol. The number of hydrogen-bond donors (Lipinski definition) is 0. The molecular formula is C48H38N2O7. The van der Waals surface area contributed by atoms with Crippen LogP contribution in [0.25, 0.3) is 0 Å². The van der Waals surface area contributed by atoms with Gasteiger partial charge >= 0.3 is 0 Å². The van der Waals surface area contributed by atoms with Crippen LogP contribution in [0.5, 0.6) is 23.0 Å². The zero-order chi connectivity index (χ0) is 39.0. The van der Waals surface area contributed by atoms with Crippen molar-refractivity contribution in [2.24, 2.45) is 5.92 Å². The number of nitrogens with zero attached hydrogens (tertiary/aromatic N) is 2. The minimum absolute atomic E-state index is 0.0656. The molecule has 57 heavy (non-hydrogen) atoms. The number of fused-ring (bicyclic) bond motifs is 3. The third-order valence-electron chi connectivity index (χ3n) is 10.8. The summed E-state index contributed by atoms with van der Waals surface area (Å²) in [5, 5.41) is 0. The third kappa shape index (κ3) is 7.15. The number of carbonyl (C=O) groups is 4. The molecule has 9 rings (SSSR count). The Kier molecular flexibility index (Phi) is 9.34.